The molecule has 1 aromatic carbocycles. The highest BCUT2D eigenvalue weighted by molar-refractivity contribution is 6.32. The number of rotatable bonds is 5. The van der Waals surface area contributed by atoms with Crippen molar-refractivity contribution in [2.45, 2.75) is 25.8 Å². The van der Waals surface area contributed by atoms with E-state index in [-0.39, 0.29) is 22.4 Å². The second kappa shape index (κ2) is 8.45. The lowest BCUT2D eigenvalue weighted by Crippen LogP contribution is -2.45. The van der Waals surface area contributed by atoms with Crippen LogP contribution in [0.15, 0.2) is 30.4 Å². The van der Waals surface area contributed by atoms with Crippen LogP contribution in [0.1, 0.15) is 25.3 Å². The fourth-order valence-electron chi connectivity index (χ4n) is 3.45. The van der Waals surface area contributed by atoms with E-state index in [9.17, 15) is 19.2 Å². The van der Waals surface area contributed by atoms with Gasteiger partial charge in [0.1, 0.15) is 12.1 Å². The molecule has 1 aliphatic heterocycles. The van der Waals surface area contributed by atoms with Gasteiger partial charge in [-0.3, -0.25) is 19.3 Å². The molecule has 0 radical (unpaired) electrons. The number of nitriles is 1. The van der Waals surface area contributed by atoms with Crippen molar-refractivity contribution in [3.63, 3.8) is 0 Å². The summed E-state index contributed by atoms with van der Waals surface area (Å²) in [5.41, 5.74) is 0.602. The van der Waals surface area contributed by atoms with Crippen molar-refractivity contribution in [1.29, 1.82) is 5.26 Å². The summed E-state index contributed by atoms with van der Waals surface area (Å²) >= 11 is 5.90. The van der Waals surface area contributed by atoms with Gasteiger partial charge in [0, 0.05) is 5.69 Å². The van der Waals surface area contributed by atoms with Crippen LogP contribution in [-0.2, 0) is 23.9 Å². The number of nitrogens with zero attached hydrogens (tertiary/aromatic N) is 2. The van der Waals surface area contributed by atoms with Crippen LogP contribution in [0.4, 0.5) is 5.69 Å². The highest BCUT2D eigenvalue weighted by Crippen LogP contribution is 2.36. The number of fused-ring (bicyclic) bond motifs is 1. The number of halogens is 1. The van der Waals surface area contributed by atoms with E-state index in [2.05, 4.69) is 5.32 Å². The third-order valence-electron chi connectivity index (χ3n) is 4.99. The van der Waals surface area contributed by atoms with Gasteiger partial charge in [-0.25, -0.2) is 4.79 Å². The zero-order valence-electron chi connectivity index (χ0n) is 15.6. The Kier molecular flexibility index (Phi) is 5.99. The van der Waals surface area contributed by atoms with Crippen LogP contribution in [0, 0.1) is 23.2 Å². The molecule has 9 heteroatoms. The fraction of sp³-hybridized carbons (Fsp3) is 0.350. The van der Waals surface area contributed by atoms with E-state index in [1.807, 2.05) is 18.2 Å². The lowest BCUT2D eigenvalue weighted by atomic mass is 9.85. The van der Waals surface area contributed by atoms with E-state index in [1.54, 1.807) is 0 Å². The molecule has 8 nitrogen and oxygen atoms in total. The number of carbonyl (C=O) groups is 4. The highest BCUT2D eigenvalue weighted by Gasteiger charge is 2.50. The number of likely N-dealkylation sites (tertiary alicyclic amines) is 1. The van der Waals surface area contributed by atoms with Gasteiger partial charge in [-0.05, 0) is 38.0 Å². The molecule has 1 fully saturated rings. The Hall–Kier alpha value is -3.18. The molecule has 1 aliphatic carbocycles. The maximum Gasteiger partial charge on any atom is 0.329 e. The van der Waals surface area contributed by atoms with E-state index in [0.717, 1.165) is 4.90 Å². The molecule has 3 amide bonds. The maximum absolute atomic E-state index is 12.5. The number of ether oxygens (including phenoxy) is 1. The first kappa shape index (κ1) is 20.6. The molecule has 1 heterocycles. The van der Waals surface area contributed by atoms with Crippen LogP contribution in [0.3, 0.4) is 0 Å². The standard InChI is InChI=1S/C20H18ClN3O5/c1-11(24-18(26)14-4-2-3-5-15(14)19(24)27)20(28)29-10-17(25)23-13-7-6-12(9-22)16(21)8-13/h2-3,6-8,11,14-15H,4-5,10H2,1H3,(H,23,25)/t11-,14-,15-/m0/s1. The summed E-state index contributed by atoms with van der Waals surface area (Å²) < 4.78 is 4.98. The van der Waals surface area contributed by atoms with Gasteiger partial charge in [-0.15, -0.1) is 0 Å². The molecule has 1 aromatic rings. The van der Waals surface area contributed by atoms with Crippen molar-refractivity contribution in [2.75, 3.05) is 11.9 Å². The molecule has 0 aromatic heterocycles. The van der Waals surface area contributed by atoms with Crippen LogP contribution in [0.25, 0.3) is 0 Å². The summed E-state index contributed by atoms with van der Waals surface area (Å²) in [5.74, 6) is -3.11. The minimum absolute atomic E-state index is 0.179. The average Bonchev–Trinajstić information content (AvgIpc) is 2.96. The first-order valence-electron chi connectivity index (χ1n) is 9.01. The number of hydrogen-bond donors (Lipinski definition) is 1. The molecular formula is C20H18ClN3O5. The van der Waals surface area contributed by atoms with Gasteiger partial charge in [0.2, 0.25) is 11.8 Å². The topological polar surface area (TPSA) is 117 Å². The third kappa shape index (κ3) is 4.15. The molecule has 2 aliphatic rings. The zero-order valence-corrected chi connectivity index (χ0v) is 16.3. The van der Waals surface area contributed by atoms with E-state index in [1.165, 1.54) is 25.1 Å². The lowest BCUT2D eigenvalue weighted by molar-refractivity contribution is -0.159. The number of nitrogens with one attached hydrogen (secondary N) is 1. The Balaban J connectivity index is 1.55. The monoisotopic (exact) mass is 415 g/mol. The Morgan fingerprint density at radius 2 is 1.90 bits per heavy atom. The number of anilines is 1. The predicted molar refractivity (Wildman–Crippen MR) is 102 cm³/mol. The van der Waals surface area contributed by atoms with Gasteiger partial charge < -0.3 is 10.1 Å². The molecule has 3 atom stereocenters. The first-order chi connectivity index (χ1) is 13.8. The molecule has 0 bridgehead atoms. The summed E-state index contributed by atoms with van der Waals surface area (Å²) in [6, 6.07) is 5.13. The van der Waals surface area contributed by atoms with E-state index in [4.69, 9.17) is 21.6 Å². The molecule has 1 saturated heterocycles. The number of hydrogen-bond acceptors (Lipinski definition) is 6. The molecule has 0 spiro atoms. The summed E-state index contributed by atoms with van der Waals surface area (Å²) in [7, 11) is 0. The predicted octanol–water partition coefficient (Wildman–Crippen LogP) is 2.03. The van der Waals surface area contributed by atoms with Gasteiger partial charge in [-0.2, -0.15) is 5.26 Å². The SMILES string of the molecule is C[C@@H](C(=O)OCC(=O)Nc1ccc(C#N)c(Cl)c1)N1C(=O)[C@H]2CC=CC[C@@H]2C1=O. The minimum Gasteiger partial charge on any atom is -0.454 e. The quantitative estimate of drug-likeness (QED) is 0.446. The van der Waals surface area contributed by atoms with Gasteiger partial charge in [0.15, 0.2) is 6.61 Å². The Morgan fingerprint density at radius 3 is 2.45 bits per heavy atom. The van der Waals surface area contributed by atoms with Crippen molar-refractivity contribution in [2.24, 2.45) is 11.8 Å². The molecular weight excluding hydrogens is 398 g/mol. The van der Waals surface area contributed by atoms with Crippen LogP contribution in [0.2, 0.25) is 5.02 Å². The number of esters is 1. The highest BCUT2D eigenvalue weighted by atomic mass is 35.5. The van der Waals surface area contributed by atoms with Gasteiger partial charge >= 0.3 is 5.97 Å². The van der Waals surface area contributed by atoms with Crippen molar-refractivity contribution in [1.82, 2.24) is 4.90 Å². The van der Waals surface area contributed by atoms with Crippen molar-refractivity contribution >= 4 is 41.0 Å². The fourth-order valence-corrected chi connectivity index (χ4v) is 3.67. The first-order valence-corrected chi connectivity index (χ1v) is 9.39. The second-order valence-corrected chi connectivity index (χ2v) is 7.25. The van der Waals surface area contributed by atoms with Crippen molar-refractivity contribution in [3.8, 4) is 6.07 Å². The minimum atomic E-state index is -1.11. The number of benzene rings is 1. The summed E-state index contributed by atoms with van der Waals surface area (Å²) in [5, 5.41) is 11.5. The van der Waals surface area contributed by atoms with Crippen LogP contribution < -0.4 is 5.32 Å². The molecule has 150 valence electrons. The molecule has 1 N–H and O–H groups in total. The Bertz CT molecular complexity index is 926. The summed E-state index contributed by atoms with van der Waals surface area (Å²) in [4.78, 5) is 50.3. The Labute approximate surface area is 172 Å². The number of allylic oxidation sites excluding steroid dienone is 2. The second-order valence-electron chi connectivity index (χ2n) is 6.84. The molecule has 3 rings (SSSR count). The van der Waals surface area contributed by atoms with Crippen LogP contribution >= 0.6 is 11.6 Å². The number of carbonyl (C=O) groups excluding carboxylic acids is 4. The van der Waals surface area contributed by atoms with Gasteiger partial charge in [0.25, 0.3) is 5.91 Å². The van der Waals surface area contributed by atoms with Crippen molar-refractivity contribution in [3.05, 3.63) is 40.9 Å². The van der Waals surface area contributed by atoms with Crippen LogP contribution in [0.5, 0.6) is 0 Å². The number of imide groups is 1. The van der Waals surface area contributed by atoms with E-state index < -0.39 is 36.4 Å². The Morgan fingerprint density at radius 1 is 1.28 bits per heavy atom. The lowest BCUT2D eigenvalue weighted by Gasteiger charge is -2.21. The zero-order chi connectivity index (χ0) is 21.1. The van der Waals surface area contributed by atoms with Gasteiger partial charge in [0.05, 0.1) is 22.4 Å². The van der Waals surface area contributed by atoms with Gasteiger partial charge in [-0.1, -0.05) is 23.8 Å². The number of amides is 3. The van der Waals surface area contributed by atoms with E-state index >= 15 is 0 Å². The van der Waals surface area contributed by atoms with E-state index in [0.29, 0.717) is 18.5 Å². The average molecular weight is 416 g/mol. The third-order valence-corrected chi connectivity index (χ3v) is 5.30. The molecule has 29 heavy (non-hydrogen) atoms. The normalized spacial score (nSPS) is 21.3. The molecule has 0 unspecified atom stereocenters. The largest absolute Gasteiger partial charge is 0.454 e. The summed E-state index contributed by atoms with van der Waals surface area (Å²) in [6.45, 7) is 0.812. The summed E-state index contributed by atoms with van der Waals surface area (Å²) in [6.07, 6.45) is 4.67. The smallest absolute Gasteiger partial charge is 0.329 e. The van der Waals surface area contributed by atoms with Crippen molar-refractivity contribution < 1.29 is 23.9 Å². The molecule has 0 saturated carbocycles. The van der Waals surface area contributed by atoms with Crippen LogP contribution in [-0.4, -0.2) is 41.2 Å². The maximum atomic E-state index is 12.5.